The molecular formula is C23H16Cl2N2O2. The van der Waals surface area contributed by atoms with Crippen molar-refractivity contribution in [2.45, 2.75) is 6.92 Å². The number of anilines is 1. The van der Waals surface area contributed by atoms with E-state index in [1.54, 1.807) is 47.9 Å². The van der Waals surface area contributed by atoms with Crippen molar-refractivity contribution >= 4 is 46.1 Å². The van der Waals surface area contributed by atoms with Crippen molar-refractivity contribution in [3.63, 3.8) is 0 Å². The molecule has 0 aliphatic heterocycles. The molecule has 0 saturated heterocycles. The van der Waals surface area contributed by atoms with E-state index in [-0.39, 0.29) is 0 Å². The number of halogens is 2. The van der Waals surface area contributed by atoms with Crippen LogP contribution < -0.4 is 5.32 Å². The number of amides is 1. The highest BCUT2D eigenvalue weighted by Gasteiger charge is 2.25. The van der Waals surface area contributed by atoms with Crippen molar-refractivity contribution in [2.75, 3.05) is 5.32 Å². The molecule has 0 saturated carbocycles. The van der Waals surface area contributed by atoms with Gasteiger partial charge in [-0.15, -0.1) is 0 Å². The number of rotatable bonds is 4. The Balaban J connectivity index is 1.78. The highest BCUT2D eigenvalue weighted by atomic mass is 35.5. The molecule has 1 N–H and O–H groups in total. The summed E-state index contributed by atoms with van der Waals surface area (Å²) in [5, 5.41) is 3.80. The molecule has 4 nitrogen and oxygen atoms in total. The Morgan fingerprint density at radius 2 is 1.69 bits per heavy atom. The van der Waals surface area contributed by atoms with Gasteiger partial charge in [-0.2, -0.15) is 0 Å². The Morgan fingerprint density at radius 3 is 2.45 bits per heavy atom. The average Bonchev–Trinajstić information content (AvgIpc) is 3.10. The van der Waals surface area contributed by atoms with E-state index in [1.165, 1.54) is 0 Å². The van der Waals surface area contributed by atoms with Crippen molar-refractivity contribution in [3.8, 4) is 11.1 Å². The molecule has 6 heteroatoms. The third kappa shape index (κ3) is 3.65. The summed E-state index contributed by atoms with van der Waals surface area (Å²) in [5.74, 6) is -1.37. The molecule has 0 fully saturated rings. The van der Waals surface area contributed by atoms with Gasteiger partial charge in [0.05, 0.1) is 0 Å². The lowest BCUT2D eigenvalue weighted by Crippen LogP contribution is -2.25. The lowest BCUT2D eigenvalue weighted by Gasteiger charge is -2.10. The predicted molar refractivity (Wildman–Crippen MR) is 117 cm³/mol. The van der Waals surface area contributed by atoms with Crippen molar-refractivity contribution < 1.29 is 9.59 Å². The second-order valence-corrected chi connectivity index (χ2v) is 7.45. The molecule has 29 heavy (non-hydrogen) atoms. The molecule has 1 amide bonds. The van der Waals surface area contributed by atoms with E-state index in [4.69, 9.17) is 23.2 Å². The zero-order chi connectivity index (χ0) is 20.5. The van der Waals surface area contributed by atoms with Gasteiger partial charge in [-0.3, -0.25) is 9.59 Å². The van der Waals surface area contributed by atoms with Gasteiger partial charge in [-0.1, -0.05) is 47.5 Å². The van der Waals surface area contributed by atoms with Gasteiger partial charge in [0.25, 0.3) is 11.7 Å². The molecule has 4 aromatic rings. The minimum Gasteiger partial charge on any atom is -0.319 e. The van der Waals surface area contributed by atoms with Crippen LogP contribution in [-0.2, 0) is 4.79 Å². The minimum atomic E-state index is -0.727. The van der Waals surface area contributed by atoms with Crippen LogP contribution in [0.4, 0.5) is 5.69 Å². The molecular weight excluding hydrogens is 407 g/mol. The van der Waals surface area contributed by atoms with Gasteiger partial charge in [-0.05, 0) is 60.5 Å². The molecule has 2 aromatic heterocycles. The average molecular weight is 423 g/mol. The van der Waals surface area contributed by atoms with Crippen LogP contribution in [0.1, 0.15) is 16.1 Å². The third-order valence-corrected chi connectivity index (χ3v) is 5.43. The first-order chi connectivity index (χ1) is 14.0. The number of nitrogens with zero attached hydrogens (tertiary/aromatic N) is 1. The topological polar surface area (TPSA) is 50.6 Å². The van der Waals surface area contributed by atoms with E-state index in [0.717, 1.165) is 11.1 Å². The van der Waals surface area contributed by atoms with Gasteiger partial charge >= 0.3 is 0 Å². The molecule has 0 aliphatic rings. The van der Waals surface area contributed by atoms with Gasteiger partial charge in [0.2, 0.25) is 0 Å². The summed E-state index contributed by atoms with van der Waals surface area (Å²) in [4.78, 5) is 26.0. The summed E-state index contributed by atoms with van der Waals surface area (Å²) in [7, 11) is 0. The smallest absolute Gasteiger partial charge is 0.298 e. The lowest BCUT2D eigenvalue weighted by atomic mass is 10.0. The van der Waals surface area contributed by atoms with Crippen LogP contribution in [0.2, 0.25) is 10.0 Å². The fourth-order valence-electron chi connectivity index (χ4n) is 3.23. The van der Waals surface area contributed by atoms with Gasteiger partial charge in [-0.25, -0.2) is 0 Å². The first-order valence-electron chi connectivity index (χ1n) is 8.92. The number of carbonyl (C=O) groups is 2. The summed E-state index contributed by atoms with van der Waals surface area (Å²) in [6.45, 7) is 1.79. The number of benzene rings is 2. The molecule has 0 bridgehead atoms. The van der Waals surface area contributed by atoms with Crippen LogP contribution in [0.3, 0.4) is 0 Å². The Labute approximate surface area is 177 Å². The van der Waals surface area contributed by atoms with Crippen LogP contribution in [-0.4, -0.2) is 16.1 Å². The zero-order valence-corrected chi connectivity index (χ0v) is 17.0. The van der Waals surface area contributed by atoms with Crippen molar-refractivity contribution in [1.29, 1.82) is 0 Å². The number of fused-ring (bicyclic) bond motifs is 1. The van der Waals surface area contributed by atoms with Crippen LogP contribution in [0.15, 0.2) is 72.9 Å². The number of aromatic nitrogens is 1. The molecule has 0 unspecified atom stereocenters. The van der Waals surface area contributed by atoms with Crippen LogP contribution in [0.5, 0.6) is 0 Å². The Morgan fingerprint density at radius 1 is 0.931 bits per heavy atom. The molecule has 2 heterocycles. The summed E-state index contributed by atoms with van der Waals surface area (Å²) in [5.41, 5.74) is 3.77. The molecule has 2 aromatic carbocycles. The van der Waals surface area contributed by atoms with Crippen molar-refractivity contribution in [1.82, 2.24) is 4.40 Å². The number of ketones is 1. The highest BCUT2D eigenvalue weighted by Crippen LogP contribution is 2.30. The van der Waals surface area contributed by atoms with E-state index >= 15 is 0 Å². The molecule has 0 radical (unpaired) electrons. The van der Waals surface area contributed by atoms with Gasteiger partial charge in [0.15, 0.2) is 0 Å². The molecule has 144 valence electrons. The van der Waals surface area contributed by atoms with E-state index < -0.39 is 11.7 Å². The second-order valence-electron chi connectivity index (χ2n) is 6.60. The van der Waals surface area contributed by atoms with Crippen LogP contribution in [0, 0.1) is 6.92 Å². The molecule has 4 rings (SSSR count). The maximum absolute atomic E-state index is 13.2. The summed E-state index contributed by atoms with van der Waals surface area (Å²) >= 11 is 12.1. The fraction of sp³-hybridized carbons (Fsp3) is 0.0435. The van der Waals surface area contributed by atoms with E-state index in [0.29, 0.717) is 32.6 Å². The number of hydrogen-bond donors (Lipinski definition) is 1. The van der Waals surface area contributed by atoms with E-state index in [2.05, 4.69) is 5.32 Å². The van der Waals surface area contributed by atoms with Crippen LogP contribution >= 0.6 is 23.2 Å². The first kappa shape index (κ1) is 19.2. The Kier molecular flexibility index (Phi) is 5.14. The summed E-state index contributed by atoms with van der Waals surface area (Å²) in [6.07, 6.45) is 1.76. The quantitative estimate of drug-likeness (QED) is 0.321. The normalized spacial score (nSPS) is 10.9. The van der Waals surface area contributed by atoms with Gasteiger partial charge in [0.1, 0.15) is 5.69 Å². The minimum absolute atomic E-state index is 0.292. The highest BCUT2D eigenvalue weighted by molar-refractivity contribution is 6.47. The lowest BCUT2D eigenvalue weighted by molar-refractivity contribution is -0.112. The molecule has 0 spiro atoms. The standard InChI is InChI=1S/C23H16Cl2N2O2/c1-14-19(25)6-4-7-20(14)26-23(29)22(28)21-18(15-8-10-16(24)11-9-15)13-17-5-2-3-12-27(17)21/h2-13H,1H3,(H,26,29). The number of carbonyl (C=O) groups excluding carboxylic acids is 2. The number of Topliss-reactive ketones (excluding diaryl/α,β-unsaturated/α-hetero) is 1. The monoisotopic (exact) mass is 422 g/mol. The Bertz CT molecular complexity index is 1240. The second kappa shape index (κ2) is 7.74. The number of nitrogens with one attached hydrogen (secondary N) is 1. The molecule has 0 aliphatic carbocycles. The number of pyridine rings is 1. The maximum Gasteiger partial charge on any atom is 0.298 e. The largest absolute Gasteiger partial charge is 0.319 e. The fourth-order valence-corrected chi connectivity index (χ4v) is 3.53. The van der Waals surface area contributed by atoms with Crippen LogP contribution in [0.25, 0.3) is 16.6 Å². The Hall–Kier alpha value is -3.08. The van der Waals surface area contributed by atoms with Crippen molar-refractivity contribution in [3.05, 3.63) is 94.2 Å². The van der Waals surface area contributed by atoms with Gasteiger partial charge in [0, 0.05) is 33.0 Å². The van der Waals surface area contributed by atoms with E-state index in [1.807, 2.05) is 36.4 Å². The number of hydrogen-bond acceptors (Lipinski definition) is 2. The van der Waals surface area contributed by atoms with E-state index in [9.17, 15) is 9.59 Å². The maximum atomic E-state index is 13.2. The summed E-state index contributed by atoms with van der Waals surface area (Å²) in [6, 6.07) is 19.8. The zero-order valence-electron chi connectivity index (χ0n) is 15.4. The molecule has 0 atom stereocenters. The predicted octanol–water partition coefficient (Wildman–Crippen LogP) is 6.04. The first-order valence-corrected chi connectivity index (χ1v) is 9.68. The van der Waals surface area contributed by atoms with Crippen molar-refractivity contribution in [2.24, 2.45) is 0 Å². The van der Waals surface area contributed by atoms with Gasteiger partial charge < -0.3 is 9.72 Å². The summed E-state index contributed by atoms with van der Waals surface area (Å²) < 4.78 is 1.72. The third-order valence-electron chi connectivity index (χ3n) is 4.77. The SMILES string of the molecule is Cc1c(Cl)cccc1NC(=O)C(=O)c1c(-c2ccc(Cl)cc2)cc2ccccn12.